The minimum absolute atomic E-state index is 0.0805. The molecule has 0 fully saturated rings. The van der Waals surface area contributed by atoms with E-state index in [0.29, 0.717) is 19.3 Å². The second kappa shape index (κ2) is 68.8. The summed E-state index contributed by atoms with van der Waals surface area (Å²) in [6.07, 6.45) is 92.8. The number of unbranched alkanes of at least 4 members (excludes halogenated alkanes) is 36. The number of carbonyl (C=O) groups excluding carboxylic acids is 3. The van der Waals surface area contributed by atoms with Gasteiger partial charge in [0.05, 0.1) is 0 Å². The zero-order valence-electron chi connectivity index (χ0n) is 53.5. The summed E-state index contributed by atoms with van der Waals surface area (Å²) in [5.41, 5.74) is 0. The van der Waals surface area contributed by atoms with E-state index in [-0.39, 0.29) is 31.1 Å². The van der Waals surface area contributed by atoms with Crippen LogP contribution in [0.4, 0.5) is 0 Å². The summed E-state index contributed by atoms with van der Waals surface area (Å²) in [6.45, 7) is 6.45. The molecule has 0 aliphatic heterocycles. The first kappa shape index (κ1) is 77.3. The van der Waals surface area contributed by atoms with E-state index in [2.05, 4.69) is 118 Å². The molecule has 81 heavy (non-hydrogen) atoms. The Morgan fingerprint density at radius 3 is 0.753 bits per heavy atom. The van der Waals surface area contributed by atoms with E-state index < -0.39 is 6.10 Å². The van der Waals surface area contributed by atoms with Crippen LogP contribution in [0.2, 0.25) is 0 Å². The fourth-order valence-electron chi connectivity index (χ4n) is 9.96. The summed E-state index contributed by atoms with van der Waals surface area (Å²) in [5, 5.41) is 0. The Bertz CT molecular complexity index is 1580. The summed E-state index contributed by atoms with van der Waals surface area (Å²) in [7, 11) is 0. The van der Waals surface area contributed by atoms with Crippen LogP contribution in [0.1, 0.15) is 342 Å². The van der Waals surface area contributed by atoms with Crippen molar-refractivity contribution in [2.45, 2.75) is 348 Å². The zero-order chi connectivity index (χ0) is 58.5. The number of ether oxygens (including phenoxy) is 3. The van der Waals surface area contributed by atoms with Crippen molar-refractivity contribution in [3.63, 3.8) is 0 Å². The van der Waals surface area contributed by atoms with Crippen LogP contribution in [0.5, 0.6) is 0 Å². The van der Waals surface area contributed by atoms with E-state index in [1.165, 1.54) is 180 Å². The second-order valence-corrected chi connectivity index (χ2v) is 23.0. The average Bonchev–Trinajstić information content (AvgIpc) is 3.47. The Labute approximate surface area is 502 Å². The third-order valence-electron chi connectivity index (χ3n) is 15.1. The Kier molecular flexibility index (Phi) is 65.7. The van der Waals surface area contributed by atoms with Gasteiger partial charge in [-0.05, 0) is 96.3 Å². The van der Waals surface area contributed by atoms with Gasteiger partial charge in [0, 0.05) is 19.3 Å². The molecule has 1 atom stereocenters. The molecule has 0 aliphatic carbocycles. The standard InChI is InChI=1S/C75H130O6/c1-4-7-10-13-16-19-22-25-28-31-34-37-40-43-46-49-52-55-58-61-64-67-73(76)79-70-72(81-75(78)69-66-63-60-57-54-51-48-45-42-39-36-33-30-27-24-21-18-15-12-9-6-3)71-80-74(77)68-65-62-59-56-53-50-47-44-41-38-35-32-29-26-23-20-17-14-11-8-5-2/h7,9-10,12,16,18-19,21,25,27-28,30,34,36-37,39,72H,4-6,8,11,13-15,17,20,22-24,26,29,31-33,35,38,40-71H2,1-3H3/b10-7-,12-9-,19-16-,21-18-,28-25-,30-27-,37-34-,39-36-. The minimum Gasteiger partial charge on any atom is -0.462 e. The molecule has 0 N–H and O–H groups in total. The van der Waals surface area contributed by atoms with Gasteiger partial charge in [-0.1, -0.05) is 323 Å². The van der Waals surface area contributed by atoms with Gasteiger partial charge >= 0.3 is 17.9 Å². The van der Waals surface area contributed by atoms with Gasteiger partial charge in [0.25, 0.3) is 0 Å². The maximum atomic E-state index is 13.0. The third-order valence-corrected chi connectivity index (χ3v) is 15.1. The molecule has 0 rings (SSSR count). The molecule has 0 aliphatic rings. The molecule has 0 aromatic rings. The van der Waals surface area contributed by atoms with Crippen molar-refractivity contribution in [3.8, 4) is 0 Å². The molecule has 0 aromatic carbocycles. The van der Waals surface area contributed by atoms with Gasteiger partial charge in [-0.2, -0.15) is 0 Å². The Balaban J connectivity index is 4.39. The van der Waals surface area contributed by atoms with E-state index in [4.69, 9.17) is 14.2 Å². The molecule has 0 saturated heterocycles. The van der Waals surface area contributed by atoms with Gasteiger partial charge in [0.2, 0.25) is 0 Å². The van der Waals surface area contributed by atoms with Crippen LogP contribution in [-0.4, -0.2) is 37.2 Å². The van der Waals surface area contributed by atoms with Crippen molar-refractivity contribution in [2.75, 3.05) is 13.2 Å². The lowest BCUT2D eigenvalue weighted by molar-refractivity contribution is -0.167. The molecule has 0 amide bonds. The van der Waals surface area contributed by atoms with Crippen molar-refractivity contribution < 1.29 is 28.6 Å². The number of esters is 3. The van der Waals surface area contributed by atoms with Gasteiger partial charge in [-0.15, -0.1) is 0 Å². The van der Waals surface area contributed by atoms with Crippen LogP contribution in [0.3, 0.4) is 0 Å². The fraction of sp³-hybridized carbons (Fsp3) is 0.747. The van der Waals surface area contributed by atoms with Gasteiger partial charge in [0.15, 0.2) is 6.10 Å². The number of hydrogen-bond acceptors (Lipinski definition) is 6. The van der Waals surface area contributed by atoms with Gasteiger partial charge in [-0.3, -0.25) is 14.4 Å². The third kappa shape index (κ3) is 67.0. The van der Waals surface area contributed by atoms with E-state index in [1.807, 2.05) is 0 Å². The lowest BCUT2D eigenvalue weighted by Gasteiger charge is -2.18. The molecular formula is C75H130O6. The Hall–Kier alpha value is -3.67. The highest BCUT2D eigenvalue weighted by Gasteiger charge is 2.19. The number of rotatable bonds is 63. The first-order valence-electron chi connectivity index (χ1n) is 34.7. The molecule has 6 nitrogen and oxygen atoms in total. The molecule has 0 aromatic heterocycles. The van der Waals surface area contributed by atoms with Crippen LogP contribution in [0.25, 0.3) is 0 Å². The second-order valence-electron chi connectivity index (χ2n) is 23.0. The first-order valence-corrected chi connectivity index (χ1v) is 34.7. The topological polar surface area (TPSA) is 78.9 Å². The van der Waals surface area contributed by atoms with Crippen LogP contribution in [-0.2, 0) is 28.6 Å². The highest BCUT2D eigenvalue weighted by atomic mass is 16.6. The first-order chi connectivity index (χ1) is 40.0. The molecule has 0 saturated carbocycles. The maximum Gasteiger partial charge on any atom is 0.306 e. The fourth-order valence-corrected chi connectivity index (χ4v) is 9.96. The Morgan fingerprint density at radius 1 is 0.259 bits per heavy atom. The van der Waals surface area contributed by atoms with E-state index in [0.717, 1.165) is 122 Å². The number of carbonyl (C=O) groups is 3. The Morgan fingerprint density at radius 2 is 0.481 bits per heavy atom. The van der Waals surface area contributed by atoms with Gasteiger partial charge in [0.1, 0.15) is 13.2 Å². The van der Waals surface area contributed by atoms with Gasteiger partial charge < -0.3 is 14.2 Å². The largest absolute Gasteiger partial charge is 0.462 e. The molecule has 6 heteroatoms. The monoisotopic (exact) mass is 1130 g/mol. The predicted octanol–water partition coefficient (Wildman–Crippen LogP) is 24.0. The van der Waals surface area contributed by atoms with Crippen molar-refractivity contribution >= 4 is 17.9 Å². The van der Waals surface area contributed by atoms with Crippen molar-refractivity contribution in [1.29, 1.82) is 0 Å². The van der Waals surface area contributed by atoms with Crippen molar-refractivity contribution in [1.82, 2.24) is 0 Å². The van der Waals surface area contributed by atoms with Crippen LogP contribution in [0.15, 0.2) is 97.2 Å². The summed E-state index contributed by atoms with van der Waals surface area (Å²) in [4.78, 5) is 38.5. The summed E-state index contributed by atoms with van der Waals surface area (Å²) in [6, 6.07) is 0. The quantitative estimate of drug-likeness (QED) is 0.0261. The minimum atomic E-state index is -0.787. The van der Waals surface area contributed by atoms with E-state index in [1.54, 1.807) is 0 Å². The van der Waals surface area contributed by atoms with E-state index in [9.17, 15) is 14.4 Å². The SMILES string of the molecule is CC/C=C\C/C=C\C/C=C\C/C=C\CCCCCCCCCCC(=O)OCC(COC(=O)CCCCCCCCCCCCCCCCCCCCCCC)OC(=O)CCCCCCCCCC/C=C\C/C=C\C/C=C\C/C=C\CC. The van der Waals surface area contributed by atoms with Gasteiger partial charge in [-0.25, -0.2) is 0 Å². The molecule has 0 radical (unpaired) electrons. The summed E-state index contributed by atoms with van der Waals surface area (Å²) >= 11 is 0. The highest BCUT2D eigenvalue weighted by Crippen LogP contribution is 2.18. The molecule has 1 unspecified atom stereocenters. The molecule has 0 bridgehead atoms. The van der Waals surface area contributed by atoms with Crippen LogP contribution in [0, 0.1) is 0 Å². The van der Waals surface area contributed by atoms with E-state index >= 15 is 0 Å². The predicted molar refractivity (Wildman–Crippen MR) is 353 cm³/mol. The maximum absolute atomic E-state index is 13.0. The number of allylic oxidation sites excluding steroid dienone is 16. The normalized spacial score (nSPS) is 12.7. The molecular weight excluding hydrogens is 997 g/mol. The zero-order valence-corrected chi connectivity index (χ0v) is 53.5. The average molecular weight is 1130 g/mol. The van der Waals surface area contributed by atoms with Crippen LogP contribution < -0.4 is 0 Å². The van der Waals surface area contributed by atoms with Crippen LogP contribution >= 0.6 is 0 Å². The van der Waals surface area contributed by atoms with Crippen molar-refractivity contribution in [3.05, 3.63) is 97.2 Å². The molecule has 0 heterocycles. The lowest BCUT2D eigenvalue weighted by atomic mass is 10.0. The van der Waals surface area contributed by atoms with Crippen molar-refractivity contribution in [2.24, 2.45) is 0 Å². The lowest BCUT2D eigenvalue weighted by Crippen LogP contribution is -2.30. The highest BCUT2D eigenvalue weighted by molar-refractivity contribution is 5.71. The molecule has 0 spiro atoms. The summed E-state index contributed by atoms with van der Waals surface area (Å²) < 4.78 is 17.0. The number of hydrogen-bond donors (Lipinski definition) is 0. The smallest absolute Gasteiger partial charge is 0.306 e. The molecule has 466 valence electrons. The summed E-state index contributed by atoms with van der Waals surface area (Å²) in [5.74, 6) is -0.879.